The van der Waals surface area contributed by atoms with Gasteiger partial charge >= 0.3 is 0 Å². The Morgan fingerprint density at radius 3 is 2.71 bits per heavy atom. The Morgan fingerprint density at radius 1 is 1.52 bits per heavy atom. The standard InChI is InChI=1S/C15H21NO2S3/c1-9(6-7-17)10(2)13-5-4-12(21-13)8-14(15(16)18)20-11(3)19/h4-5,8-10,17H,6-7H2,1-3H3,(H2,16,18)/b14-8-. The topological polar surface area (TPSA) is 63.3 Å². The number of amides is 1. The summed E-state index contributed by atoms with van der Waals surface area (Å²) in [6, 6.07) is 4.06. The van der Waals surface area contributed by atoms with Crippen molar-refractivity contribution in [1.82, 2.24) is 0 Å². The fourth-order valence-electron chi connectivity index (χ4n) is 1.86. The number of nitrogens with two attached hydrogens (primary N) is 1. The van der Waals surface area contributed by atoms with Crippen molar-refractivity contribution >= 4 is 51.5 Å². The molecule has 116 valence electrons. The maximum Gasteiger partial charge on any atom is 0.255 e. The highest BCUT2D eigenvalue weighted by molar-refractivity contribution is 8.26. The lowest BCUT2D eigenvalue weighted by Gasteiger charge is -2.17. The van der Waals surface area contributed by atoms with Gasteiger partial charge in [0, 0.05) is 20.6 Å². The van der Waals surface area contributed by atoms with Gasteiger partial charge in [-0.25, -0.2) is 0 Å². The van der Waals surface area contributed by atoms with Crippen LogP contribution in [0.5, 0.6) is 0 Å². The number of carbonyl (C=O) groups excluding carboxylic acids is 1. The molecule has 3 nitrogen and oxygen atoms in total. The molecule has 0 radical (unpaired) electrons. The molecule has 0 aliphatic carbocycles. The third-order valence-corrected chi connectivity index (χ3v) is 5.61. The van der Waals surface area contributed by atoms with Gasteiger partial charge in [0.1, 0.15) is 0 Å². The van der Waals surface area contributed by atoms with E-state index in [-0.39, 0.29) is 6.61 Å². The SMILES string of the molecule is CC(=S)S/C(=C\c1ccc(C(C)C(C)CCO)s1)C(N)=O. The number of thioether (sulfide) groups is 1. The van der Waals surface area contributed by atoms with Crippen LogP contribution < -0.4 is 5.73 Å². The molecule has 1 amide bonds. The van der Waals surface area contributed by atoms with Gasteiger partial charge in [-0.1, -0.05) is 37.8 Å². The van der Waals surface area contributed by atoms with Crippen molar-refractivity contribution in [3.63, 3.8) is 0 Å². The third-order valence-electron chi connectivity index (χ3n) is 3.30. The molecule has 0 aliphatic rings. The molecular weight excluding hydrogens is 322 g/mol. The number of thiophene rings is 1. The van der Waals surface area contributed by atoms with Crippen molar-refractivity contribution in [3.8, 4) is 0 Å². The Bertz CT molecular complexity index is 537. The number of rotatable bonds is 7. The van der Waals surface area contributed by atoms with Crippen molar-refractivity contribution in [2.75, 3.05) is 6.61 Å². The van der Waals surface area contributed by atoms with Gasteiger partial charge in [-0.15, -0.1) is 11.3 Å². The predicted octanol–water partition coefficient (Wildman–Crippen LogP) is 3.78. The summed E-state index contributed by atoms with van der Waals surface area (Å²) in [6.07, 6.45) is 2.58. The molecule has 2 unspecified atom stereocenters. The number of hydrogen-bond donors (Lipinski definition) is 2. The minimum absolute atomic E-state index is 0.208. The second-order valence-corrected chi connectivity index (χ2v) is 8.26. The van der Waals surface area contributed by atoms with E-state index in [0.29, 0.717) is 20.9 Å². The fourth-order valence-corrected chi connectivity index (χ4v) is 3.94. The molecule has 1 aromatic rings. The summed E-state index contributed by atoms with van der Waals surface area (Å²) >= 11 is 7.88. The van der Waals surface area contributed by atoms with Gasteiger partial charge in [0.2, 0.25) is 0 Å². The van der Waals surface area contributed by atoms with E-state index in [0.717, 1.165) is 11.3 Å². The second kappa shape index (κ2) is 8.68. The van der Waals surface area contributed by atoms with Crippen LogP contribution in [-0.4, -0.2) is 21.8 Å². The van der Waals surface area contributed by atoms with Crippen LogP contribution >= 0.6 is 35.3 Å². The van der Waals surface area contributed by atoms with E-state index in [4.69, 9.17) is 23.1 Å². The van der Waals surface area contributed by atoms with E-state index < -0.39 is 5.91 Å². The number of thiocarbonyl (C=S) groups is 1. The van der Waals surface area contributed by atoms with Gasteiger partial charge in [-0.05, 0) is 43.4 Å². The van der Waals surface area contributed by atoms with Crippen molar-refractivity contribution < 1.29 is 9.90 Å². The lowest BCUT2D eigenvalue weighted by atomic mass is 9.92. The monoisotopic (exact) mass is 343 g/mol. The van der Waals surface area contributed by atoms with Crippen LogP contribution in [0.2, 0.25) is 0 Å². The first-order chi connectivity index (χ1) is 9.85. The maximum atomic E-state index is 11.4. The van der Waals surface area contributed by atoms with Crippen LogP contribution in [0.3, 0.4) is 0 Å². The second-order valence-electron chi connectivity index (χ2n) is 4.98. The summed E-state index contributed by atoms with van der Waals surface area (Å²) in [4.78, 5) is 14.1. The highest BCUT2D eigenvalue weighted by Crippen LogP contribution is 2.33. The first kappa shape index (κ1) is 18.4. The molecule has 0 spiro atoms. The smallest absolute Gasteiger partial charge is 0.255 e. The minimum atomic E-state index is -0.458. The zero-order chi connectivity index (χ0) is 16.0. The predicted molar refractivity (Wildman–Crippen MR) is 96.6 cm³/mol. The van der Waals surface area contributed by atoms with Crippen molar-refractivity contribution in [1.29, 1.82) is 0 Å². The molecule has 0 aromatic carbocycles. The molecule has 3 N–H and O–H groups in total. The van der Waals surface area contributed by atoms with E-state index in [9.17, 15) is 4.79 Å². The summed E-state index contributed by atoms with van der Waals surface area (Å²) in [5.74, 6) is 0.334. The Labute approximate surface area is 139 Å². The Hall–Kier alpha value is -0.690. The number of carbonyl (C=O) groups is 1. The molecule has 1 heterocycles. The fraction of sp³-hybridized carbons (Fsp3) is 0.467. The van der Waals surface area contributed by atoms with Gasteiger partial charge in [-0.3, -0.25) is 4.79 Å². The zero-order valence-corrected chi connectivity index (χ0v) is 14.9. The summed E-state index contributed by atoms with van der Waals surface area (Å²) in [5.41, 5.74) is 5.38. The summed E-state index contributed by atoms with van der Waals surface area (Å²) < 4.78 is 0.668. The maximum absolute atomic E-state index is 11.4. The van der Waals surface area contributed by atoms with Gasteiger partial charge in [0.05, 0.1) is 4.91 Å². The number of aliphatic hydroxyl groups excluding tert-OH is 1. The molecule has 0 bridgehead atoms. The normalized spacial score (nSPS) is 14.8. The molecule has 6 heteroatoms. The average Bonchev–Trinajstić information content (AvgIpc) is 2.85. The molecule has 1 rings (SSSR count). The number of primary amides is 1. The largest absolute Gasteiger partial charge is 0.396 e. The third kappa shape index (κ3) is 5.90. The van der Waals surface area contributed by atoms with Gasteiger partial charge < -0.3 is 10.8 Å². The van der Waals surface area contributed by atoms with E-state index in [1.165, 1.54) is 16.6 Å². The zero-order valence-electron chi connectivity index (χ0n) is 12.5. The van der Waals surface area contributed by atoms with Gasteiger partial charge in [0.25, 0.3) is 5.91 Å². The van der Waals surface area contributed by atoms with E-state index in [2.05, 4.69) is 19.9 Å². The summed E-state index contributed by atoms with van der Waals surface area (Å²) in [7, 11) is 0. The lowest BCUT2D eigenvalue weighted by Crippen LogP contribution is -2.12. The van der Waals surface area contributed by atoms with Crippen LogP contribution in [0.25, 0.3) is 6.08 Å². The lowest BCUT2D eigenvalue weighted by molar-refractivity contribution is -0.113. The Kier molecular flexibility index (Phi) is 7.59. The molecular formula is C15H21NO2S3. The Morgan fingerprint density at radius 2 is 2.19 bits per heavy atom. The molecule has 0 aliphatic heterocycles. The molecule has 21 heavy (non-hydrogen) atoms. The van der Waals surface area contributed by atoms with Crippen LogP contribution in [0, 0.1) is 5.92 Å². The van der Waals surface area contributed by atoms with Crippen LogP contribution in [0.1, 0.15) is 42.9 Å². The average molecular weight is 344 g/mol. The van der Waals surface area contributed by atoms with Crippen LogP contribution in [0.4, 0.5) is 0 Å². The number of aliphatic hydroxyl groups is 1. The van der Waals surface area contributed by atoms with Crippen molar-refractivity contribution in [3.05, 3.63) is 26.8 Å². The molecule has 0 fully saturated rings. The minimum Gasteiger partial charge on any atom is -0.396 e. The van der Waals surface area contributed by atoms with E-state index in [1.54, 1.807) is 24.3 Å². The number of hydrogen-bond acceptors (Lipinski definition) is 5. The first-order valence-corrected chi connectivity index (χ1v) is 8.79. The highest BCUT2D eigenvalue weighted by atomic mass is 32.2. The first-order valence-electron chi connectivity index (χ1n) is 6.75. The van der Waals surface area contributed by atoms with Crippen molar-refractivity contribution in [2.24, 2.45) is 11.7 Å². The summed E-state index contributed by atoms with van der Waals surface area (Å²) in [5, 5.41) is 9.03. The quantitative estimate of drug-likeness (QED) is 0.584. The van der Waals surface area contributed by atoms with E-state index >= 15 is 0 Å². The highest BCUT2D eigenvalue weighted by Gasteiger charge is 2.16. The Balaban J connectivity index is 2.91. The summed E-state index contributed by atoms with van der Waals surface area (Å²) in [6.45, 7) is 6.27. The molecule has 1 aromatic heterocycles. The van der Waals surface area contributed by atoms with Gasteiger partial charge in [-0.2, -0.15) is 0 Å². The molecule has 0 saturated carbocycles. The van der Waals surface area contributed by atoms with Crippen LogP contribution in [0.15, 0.2) is 17.0 Å². The van der Waals surface area contributed by atoms with E-state index in [1.807, 2.05) is 6.07 Å². The molecule has 0 saturated heterocycles. The van der Waals surface area contributed by atoms with Gasteiger partial charge in [0.15, 0.2) is 0 Å². The van der Waals surface area contributed by atoms with Crippen molar-refractivity contribution in [2.45, 2.75) is 33.1 Å². The molecule has 2 atom stereocenters. The van der Waals surface area contributed by atoms with Crippen LogP contribution in [-0.2, 0) is 4.79 Å².